The topological polar surface area (TPSA) is 138 Å². The zero-order valence-corrected chi connectivity index (χ0v) is 14.4. The van der Waals surface area contributed by atoms with Crippen molar-refractivity contribution in [2.45, 2.75) is 5.75 Å². The van der Waals surface area contributed by atoms with E-state index in [-0.39, 0.29) is 28.1 Å². The summed E-state index contributed by atoms with van der Waals surface area (Å²) in [5.41, 5.74) is 0.199. The normalized spacial score (nSPS) is 11.0. The van der Waals surface area contributed by atoms with Crippen LogP contribution in [-0.2, 0) is 15.6 Å². The monoisotopic (exact) mass is 377 g/mol. The number of amides is 1. The number of carboxylic acid groups (broad SMARTS) is 2. The Morgan fingerprint density at radius 2 is 1.38 bits per heavy atom. The quantitative estimate of drug-likeness (QED) is 0.698. The van der Waals surface area contributed by atoms with Crippen molar-refractivity contribution in [3.63, 3.8) is 0 Å². The Labute approximate surface area is 149 Å². The van der Waals surface area contributed by atoms with Crippen LogP contribution in [0.4, 0.5) is 5.69 Å². The van der Waals surface area contributed by atoms with Gasteiger partial charge in [-0.25, -0.2) is 18.0 Å². The molecule has 0 spiro atoms. The number of nitrogens with one attached hydrogen (secondary N) is 1. The van der Waals surface area contributed by atoms with Gasteiger partial charge in [-0.15, -0.1) is 0 Å². The van der Waals surface area contributed by atoms with Gasteiger partial charge in [0.2, 0.25) is 0 Å². The highest BCUT2D eigenvalue weighted by atomic mass is 32.2. The second kappa shape index (κ2) is 7.36. The van der Waals surface area contributed by atoms with Gasteiger partial charge in [-0.05, 0) is 35.9 Å². The van der Waals surface area contributed by atoms with Crippen LogP contribution in [0.2, 0.25) is 0 Å². The molecule has 136 valence electrons. The minimum atomic E-state index is -3.20. The maximum absolute atomic E-state index is 12.2. The van der Waals surface area contributed by atoms with Crippen molar-refractivity contribution in [3.05, 3.63) is 64.7 Å². The summed E-state index contributed by atoms with van der Waals surface area (Å²) in [6.45, 7) is 0. The Kier molecular flexibility index (Phi) is 5.41. The molecule has 0 aliphatic carbocycles. The molecule has 26 heavy (non-hydrogen) atoms. The Morgan fingerprint density at radius 1 is 0.885 bits per heavy atom. The summed E-state index contributed by atoms with van der Waals surface area (Å²) in [5, 5.41) is 20.5. The summed E-state index contributed by atoms with van der Waals surface area (Å²) in [5.74, 6) is -3.39. The molecule has 0 aromatic heterocycles. The van der Waals surface area contributed by atoms with Gasteiger partial charge >= 0.3 is 11.9 Å². The Hall–Kier alpha value is -3.20. The summed E-state index contributed by atoms with van der Waals surface area (Å²) in [4.78, 5) is 34.4. The molecule has 2 rings (SSSR count). The lowest BCUT2D eigenvalue weighted by atomic mass is 10.1. The number of hydrogen-bond donors (Lipinski definition) is 3. The first-order valence-electron chi connectivity index (χ1n) is 7.25. The number of hydrogen-bond acceptors (Lipinski definition) is 5. The van der Waals surface area contributed by atoms with E-state index in [1.54, 1.807) is 0 Å². The maximum Gasteiger partial charge on any atom is 0.335 e. The molecule has 8 nitrogen and oxygen atoms in total. The Balaban J connectivity index is 2.24. The molecule has 9 heteroatoms. The number of rotatable bonds is 6. The third-order valence-electron chi connectivity index (χ3n) is 3.33. The summed E-state index contributed by atoms with van der Waals surface area (Å²) in [6, 6.07) is 9.11. The highest BCUT2D eigenvalue weighted by Gasteiger charge is 2.14. The molecule has 0 unspecified atom stereocenters. The molecule has 0 radical (unpaired) electrons. The summed E-state index contributed by atoms with van der Waals surface area (Å²) >= 11 is 0. The predicted octanol–water partition coefficient (Wildman–Crippen LogP) is 1.88. The maximum atomic E-state index is 12.2. The van der Waals surface area contributed by atoms with Gasteiger partial charge in [0.25, 0.3) is 5.91 Å². The van der Waals surface area contributed by atoms with E-state index >= 15 is 0 Å². The molecule has 3 N–H and O–H groups in total. The standard InChI is InChI=1S/C17H15NO7S/c1-26(24,25)9-10-2-4-11(5-3-10)15(19)18-14-7-12(16(20)21)6-13(8-14)17(22)23/h2-8H,9H2,1H3,(H,18,19)(H,20,21)(H,22,23). The average molecular weight is 377 g/mol. The van der Waals surface area contributed by atoms with Gasteiger partial charge in [0, 0.05) is 17.5 Å². The first kappa shape index (κ1) is 19.1. The van der Waals surface area contributed by atoms with E-state index in [1.165, 1.54) is 24.3 Å². The summed E-state index contributed by atoms with van der Waals surface area (Å²) in [7, 11) is -3.20. The second-order valence-corrected chi connectivity index (χ2v) is 7.77. The largest absolute Gasteiger partial charge is 0.478 e. The fourth-order valence-electron chi connectivity index (χ4n) is 2.21. The molecule has 2 aromatic rings. The first-order chi connectivity index (χ1) is 12.0. The molecule has 0 atom stereocenters. The van der Waals surface area contributed by atoms with Crippen LogP contribution < -0.4 is 5.32 Å². The highest BCUT2D eigenvalue weighted by molar-refractivity contribution is 7.89. The van der Waals surface area contributed by atoms with Crippen molar-refractivity contribution in [1.29, 1.82) is 0 Å². The minimum absolute atomic E-state index is 0.0208. The van der Waals surface area contributed by atoms with E-state index in [1.807, 2.05) is 0 Å². The molecule has 2 aromatic carbocycles. The van der Waals surface area contributed by atoms with Crippen LogP contribution in [0.25, 0.3) is 0 Å². The van der Waals surface area contributed by atoms with Gasteiger partial charge in [0.05, 0.1) is 16.9 Å². The molecule has 0 fully saturated rings. The first-order valence-corrected chi connectivity index (χ1v) is 9.31. The zero-order chi connectivity index (χ0) is 19.5. The van der Waals surface area contributed by atoms with E-state index in [2.05, 4.69) is 5.32 Å². The van der Waals surface area contributed by atoms with Gasteiger partial charge in [0.1, 0.15) is 0 Å². The van der Waals surface area contributed by atoms with Crippen LogP contribution in [-0.4, -0.2) is 42.7 Å². The van der Waals surface area contributed by atoms with E-state index in [4.69, 9.17) is 10.2 Å². The van der Waals surface area contributed by atoms with Crippen LogP contribution in [0, 0.1) is 0 Å². The SMILES string of the molecule is CS(=O)(=O)Cc1ccc(C(=O)Nc2cc(C(=O)O)cc(C(=O)O)c2)cc1. The Morgan fingerprint density at radius 3 is 1.81 bits per heavy atom. The number of anilines is 1. The fourth-order valence-corrected chi connectivity index (χ4v) is 3.00. The average Bonchev–Trinajstić information content (AvgIpc) is 2.53. The van der Waals surface area contributed by atoms with E-state index in [0.29, 0.717) is 5.56 Å². The third-order valence-corrected chi connectivity index (χ3v) is 4.19. The van der Waals surface area contributed by atoms with Gasteiger partial charge < -0.3 is 15.5 Å². The van der Waals surface area contributed by atoms with Crippen molar-refractivity contribution in [3.8, 4) is 0 Å². The van der Waals surface area contributed by atoms with Crippen molar-refractivity contribution in [2.24, 2.45) is 0 Å². The van der Waals surface area contributed by atoms with Gasteiger partial charge in [-0.3, -0.25) is 4.79 Å². The number of benzene rings is 2. The molecule has 0 heterocycles. The van der Waals surface area contributed by atoms with Crippen LogP contribution in [0.3, 0.4) is 0 Å². The van der Waals surface area contributed by atoms with Crippen molar-refractivity contribution in [2.75, 3.05) is 11.6 Å². The lowest BCUT2D eigenvalue weighted by molar-refractivity contribution is 0.0696. The smallest absolute Gasteiger partial charge is 0.335 e. The van der Waals surface area contributed by atoms with Crippen LogP contribution in [0.15, 0.2) is 42.5 Å². The molecule has 0 saturated carbocycles. The molecule has 0 bridgehead atoms. The van der Waals surface area contributed by atoms with Crippen LogP contribution >= 0.6 is 0 Å². The zero-order valence-electron chi connectivity index (χ0n) is 13.6. The second-order valence-electron chi connectivity index (χ2n) is 5.63. The van der Waals surface area contributed by atoms with Gasteiger partial charge in [-0.1, -0.05) is 12.1 Å². The van der Waals surface area contributed by atoms with Crippen LogP contribution in [0.5, 0.6) is 0 Å². The number of sulfone groups is 1. The fraction of sp³-hybridized carbons (Fsp3) is 0.118. The van der Waals surface area contributed by atoms with E-state index in [9.17, 15) is 22.8 Å². The van der Waals surface area contributed by atoms with Crippen molar-refractivity contribution >= 4 is 33.4 Å². The lowest BCUT2D eigenvalue weighted by Crippen LogP contribution is -2.13. The Bertz CT molecular complexity index is 946. The molecule has 0 saturated heterocycles. The number of carboxylic acids is 2. The highest BCUT2D eigenvalue weighted by Crippen LogP contribution is 2.17. The van der Waals surface area contributed by atoms with Crippen molar-refractivity contribution in [1.82, 2.24) is 0 Å². The molecular formula is C17H15NO7S. The van der Waals surface area contributed by atoms with Gasteiger partial charge in [-0.2, -0.15) is 0 Å². The number of carbonyl (C=O) groups excluding carboxylic acids is 1. The third kappa shape index (κ3) is 5.15. The number of aromatic carboxylic acids is 2. The van der Waals surface area contributed by atoms with E-state index in [0.717, 1.165) is 24.5 Å². The van der Waals surface area contributed by atoms with Crippen LogP contribution in [0.1, 0.15) is 36.6 Å². The van der Waals surface area contributed by atoms with E-state index < -0.39 is 27.7 Å². The molecule has 0 aliphatic rings. The summed E-state index contributed by atoms with van der Waals surface area (Å²) in [6.07, 6.45) is 1.10. The molecule has 0 aliphatic heterocycles. The summed E-state index contributed by atoms with van der Waals surface area (Å²) < 4.78 is 22.5. The lowest BCUT2D eigenvalue weighted by Gasteiger charge is -2.08. The predicted molar refractivity (Wildman–Crippen MR) is 93.3 cm³/mol. The minimum Gasteiger partial charge on any atom is -0.478 e. The van der Waals surface area contributed by atoms with Gasteiger partial charge in [0.15, 0.2) is 9.84 Å². The molecular weight excluding hydrogens is 362 g/mol. The van der Waals surface area contributed by atoms with Crippen molar-refractivity contribution < 1.29 is 33.0 Å². The number of carbonyl (C=O) groups is 3. The molecule has 1 amide bonds.